The zero-order chi connectivity index (χ0) is 15.7. The fraction of sp³-hybridized carbons (Fsp3) is 0.214. The maximum atomic E-state index is 11.9. The Bertz CT molecular complexity index is 921. The van der Waals surface area contributed by atoms with Gasteiger partial charge >= 0.3 is 5.69 Å². The summed E-state index contributed by atoms with van der Waals surface area (Å²) in [5.41, 5.74) is -0.188. The third kappa shape index (κ3) is 2.46. The number of imidazole rings is 1. The SMILES string of the molecule is CC(C)c1nccc(-c2nccn2-c2c[nH]c(=O)[nH]c2=O)n1. The standard InChI is InChI=1S/C14H14N6O2/c1-8(2)11-15-4-3-9(18-11)12-16-5-6-20(12)10-7-17-14(22)19-13(10)21/h3-8H,1-2H3,(H2,17,19,21,22). The van der Waals surface area contributed by atoms with Gasteiger partial charge in [-0.15, -0.1) is 0 Å². The van der Waals surface area contributed by atoms with Crippen LogP contribution in [0.1, 0.15) is 25.6 Å². The molecule has 0 aliphatic rings. The van der Waals surface area contributed by atoms with Gasteiger partial charge in [-0.2, -0.15) is 0 Å². The van der Waals surface area contributed by atoms with Gasteiger partial charge in [-0.3, -0.25) is 14.3 Å². The zero-order valence-electron chi connectivity index (χ0n) is 12.1. The highest BCUT2D eigenvalue weighted by atomic mass is 16.2. The summed E-state index contributed by atoms with van der Waals surface area (Å²) in [7, 11) is 0. The average molecular weight is 298 g/mol. The van der Waals surface area contributed by atoms with Crippen molar-refractivity contribution in [2.75, 3.05) is 0 Å². The van der Waals surface area contributed by atoms with E-state index in [0.717, 1.165) is 0 Å². The molecular weight excluding hydrogens is 284 g/mol. The van der Waals surface area contributed by atoms with Crippen LogP contribution >= 0.6 is 0 Å². The molecule has 3 rings (SSSR count). The Morgan fingerprint density at radius 1 is 1.18 bits per heavy atom. The first-order chi connectivity index (χ1) is 10.6. The van der Waals surface area contributed by atoms with Gasteiger partial charge in [0.25, 0.3) is 5.56 Å². The van der Waals surface area contributed by atoms with Crippen LogP contribution in [0, 0.1) is 0 Å². The second-order valence-electron chi connectivity index (χ2n) is 5.03. The van der Waals surface area contributed by atoms with Gasteiger partial charge in [0, 0.05) is 30.7 Å². The highest BCUT2D eigenvalue weighted by Crippen LogP contribution is 2.19. The largest absolute Gasteiger partial charge is 0.325 e. The van der Waals surface area contributed by atoms with Crippen molar-refractivity contribution in [3.05, 3.63) is 57.5 Å². The first-order valence-corrected chi connectivity index (χ1v) is 6.75. The van der Waals surface area contributed by atoms with Crippen molar-refractivity contribution in [1.29, 1.82) is 0 Å². The summed E-state index contributed by atoms with van der Waals surface area (Å²) in [4.78, 5) is 40.6. The topological polar surface area (TPSA) is 109 Å². The lowest BCUT2D eigenvalue weighted by molar-refractivity contribution is 0.773. The minimum atomic E-state index is -0.556. The van der Waals surface area contributed by atoms with Gasteiger partial charge in [0.2, 0.25) is 0 Å². The van der Waals surface area contributed by atoms with Gasteiger partial charge in [0.15, 0.2) is 5.82 Å². The smallest absolute Gasteiger partial charge is 0.312 e. The molecule has 112 valence electrons. The Kier molecular flexibility index (Phi) is 3.42. The third-order valence-electron chi connectivity index (χ3n) is 3.12. The predicted octanol–water partition coefficient (Wildman–Crippen LogP) is 0.829. The Morgan fingerprint density at radius 3 is 2.73 bits per heavy atom. The van der Waals surface area contributed by atoms with Crippen molar-refractivity contribution in [3.63, 3.8) is 0 Å². The van der Waals surface area contributed by atoms with Crippen LogP contribution in [0.4, 0.5) is 0 Å². The highest BCUT2D eigenvalue weighted by Gasteiger charge is 2.13. The van der Waals surface area contributed by atoms with Crippen molar-refractivity contribution in [2.24, 2.45) is 0 Å². The molecule has 0 fully saturated rings. The van der Waals surface area contributed by atoms with Crippen molar-refractivity contribution in [2.45, 2.75) is 19.8 Å². The Hall–Kier alpha value is -3.03. The normalized spacial score (nSPS) is 11.0. The number of H-pyrrole nitrogens is 2. The van der Waals surface area contributed by atoms with Crippen LogP contribution in [0.3, 0.4) is 0 Å². The molecule has 3 aromatic heterocycles. The quantitative estimate of drug-likeness (QED) is 0.744. The molecule has 3 aromatic rings. The monoisotopic (exact) mass is 298 g/mol. The van der Waals surface area contributed by atoms with E-state index in [0.29, 0.717) is 17.3 Å². The minimum absolute atomic E-state index is 0.180. The number of aromatic amines is 2. The number of hydrogen-bond donors (Lipinski definition) is 2. The van der Waals surface area contributed by atoms with E-state index in [1.807, 2.05) is 13.8 Å². The van der Waals surface area contributed by atoms with Crippen molar-refractivity contribution >= 4 is 0 Å². The Balaban J connectivity index is 2.15. The molecule has 0 aromatic carbocycles. The van der Waals surface area contributed by atoms with Crippen LogP contribution in [0.2, 0.25) is 0 Å². The second-order valence-corrected chi connectivity index (χ2v) is 5.03. The van der Waals surface area contributed by atoms with Crippen LogP contribution in [-0.4, -0.2) is 29.5 Å². The molecular formula is C14H14N6O2. The molecule has 0 amide bonds. The molecule has 0 spiro atoms. The molecule has 8 nitrogen and oxygen atoms in total. The molecule has 0 saturated carbocycles. The Morgan fingerprint density at radius 2 is 2.00 bits per heavy atom. The van der Waals surface area contributed by atoms with Gasteiger partial charge in [-0.25, -0.2) is 19.7 Å². The second kappa shape index (κ2) is 5.40. The number of hydrogen-bond acceptors (Lipinski definition) is 5. The summed E-state index contributed by atoms with van der Waals surface area (Å²) in [5, 5.41) is 0. The fourth-order valence-corrected chi connectivity index (χ4v) is 2.05. The summed E-state index contributed by atoms with van der Waals surface area (Å²) < 4.78 is 1.57. The maximum absolute atomic E-state index is 11.9. The fourth-order valence-electron chi connectivity index (χ4n) is 2.05. The molecule has 0 unspecified atom stereocenters. The molecule has 0 saturated heterocycles. The van der Waals surface area contributed by atoms with Gasteiger partial charge in [-0.05, 0) is 6.07 Å². The lowest BCUT2D eigenvalue weighted by Gasteiger charge is -2.08. The molecule has 0 aliphatic heterocycles. The summed E-state index contributed by atoms with van der Waals surface area (Å²) >= 11 is 0. The summed E-state index contributed by atoms with van der Waals surface area (Å²) in [6, 6.07) is 1.73. The van der Waals surface area contributed by atoms with Crippen molar-refractivity contribution < 1.29 is 0 Å². The van der Waals surface area contributed by atoms with E-state index in [1.54, 1.807) is 29.2 Å². The number of nitrogens with zero attached hydrogens (tertiary/aromatic N) is 4. The van der Waals surface area contributed by atoms with Gasteiger partial charge in [-0.1, -0.05) is 13.8 Å². The highest BCUT2D eigenvalue weighted by molar-refractivity contribution is 5.53. The molecule has 0 aliphatic carbocycles. The third-order valence-corrected chi connectivity index (χ3v) is 3.12. The number of nitrogens with one attached hydrogen (secondary N) is 2. The van der Waals surface area contributed by atoms with Crippen LogP contribution in [-0.2, 0) is 0 Å². The predicted molar refractivity (Wildman–Crippen MR) is 79.9 cm³/mol. The molecule has 0 bridgehead atoms. The number of aromatic nitrogens is 6. The average Bonchev–Trinajstić information content (AvgIpc) is 2.96. The van der Waals surface area contributed by atoms with E-state index < -0.39 is 11.2 Å². The van der Waals surface area contributed by atoms with E-state index >= 15 is 0 Å². The van der Waals surface area contributed by atoms with E-state index in [9.17, 15) is 9.59 Å². The van der Waals surface area contributed by atoms with E-state index in [2.05, 4.69) is 24.9 Å². The van der Waals surface area contributed by atoms with Crippen molar-refractivity contribution in [3.8, 4) is 17.2 Å². The van der Waals surface area contributed by atoms with Crippen LogP contribution in [0.25, 0.3) is 17.2 Å². The molecule has 8 heteroatoms. The van der Waals surface area contributed by atoms with Gasteiger partial charge in [0.1, 0.15) is 17.2 Å². The van der Waals surface area contributed by atoms with Crippen molar-refractivity contribution in [1.82, 2.24) is 29.5 Å². The first kappa shape index (κ1) is 13.9. The molecule has 0 atom stereocenters. The van der Waals surface area contributed by atoms with Crippen LogP contribution in [0.5, 0.6) is 0 Å². The summed E-state index contributed by atoms with van der Waals surface area (Å²) in [5.74, 6) is 1.38. The van der Waals surface area contributed by atoms with Crippen LogP contribution in [0.15, 0.2) is 40.4 Å². The number of rotatable bonds is 3. The molecule has 22 heavy (non-hydrogen) atoms. The summed E-state index contributed by atoms with van der Waals surface area (Å²) in [6.07, 6.45) is 6.21. The van der Waals surface area contributed by atoms with E-state index in [4.69, 9.17) is 0 Å². The Labute approximate surface area is 124 Å². The first-order valence-electron chi connectivity index (χ1n) is 6.75. The molecule has 3 heterocycles. The molecule has 2 N–H and O–H groups in total. The van der Waals surface area contributed by atoms with Crippen LogP contribution < -0.4 is 11.2 Å². The summed E-state index contributed by atoms with van der Waals surface area (Å²) in [6.45, 7) is 4.00. The lowest BCUT2D eigenvalue weighted by Crippen LogP contribution is -2.25. The maximum Gasteiger partial charge on any atom is 0.325 e. The van der Waals surface area contributed by atoms with Gasteiger partial charge in [0.05, 0.1) is 0 Å². The van der Waals surface area contributed by atoms with Gasteiger partial charge < -0.3 is 4.98 Å². The molecule has 0 radical (unpaired) electrons. The van der Waals surface area contributed by atoms with E-state index in [-0.39, 0.29) is 11.6 Å². The zero-order valence-corrected chi connectivity index (χ0v) is 12.1. The minimum Gasteiger partial charge on any atom is -0.312 e. The van der Waals surface area contributed by atoms with E-state index in [1.165, 1.54) is 6.20 Å². The lowest BCUT2D eigenvalue weighted by atomic mass is 10.2.